The van der Waals surface area contributed by atoms with Gasteiger partial charge in [-0.15, -0.1) is 0 Å². The van der Waals surface area contributed by atoms with Crippen LogP contribution in [0.25, 0.3) is 0 Å². The minimum Gasteiger partial charge on any atom is -0.384 e. The van der Waals surface area contributed by atoms with Crippen LogP contribution in [0.1, 0.15) is 22.3 Å². The van der Waals surface area contributed by atoms with Crippen molar-refractivity contribution in [2.75, 3.05) is 45.6 Å². The third kappa shape index (κ3) is 2.66. The average molecular weight is 273 g/mol. The van der Waals surface area contributed by atoms with Crippen LogP contribution in [0.4, 0.5) is 5.69 Å². The number of hydrogen-bond donors (Lipinski definition) is 1. The van der Waals surface area contributed by atoms with Crippen molar-refractivity contribution >= 4 is 11.6 Å². The quantitative estimate of drug-likeness (QED) is 0.910. The molecule has 0 spiro atoms. The van der Waals surface area contributed by atoms with Gasteiger partial charge in [0.05, 0.1) is 0 Å². The first-order valence-electron chi connectivity index (χ1n) is 7.44. The third-order valence-corrected chi connectivity index (χ3v) is 4.43. The van der Waals surface area contributed by atoms with Crippen LogP contribution >= 0.6 is 0 Å². The topological polar surface area (TPSA) is 35.6 Å². The van der Waals surface area contributed by atoms with E-state index in [9.17, 15) is 4.79 Å². The van der Waals surface area contributed by atoms with Crippen molar-refractivity contribution in [3.05, 3.63) is 29.3 Å². The Labute approximate surface area is 120 Å². The van der Waals surface area contributed by atoms with Crippen LogP contribution in [0.3, 0.4) is 0 Å². The number of anilines is 1. The normalized spacial score (nSPS) is 21.6. The number of likely N-dealkylation sites (tertiary alicyclic amines) is 1. The first-order chi connectivity index (χ1) is 9.63. The van der Waals surface area contributed by atoms with Gasteiger partial charge in [-0.1, -0.05) is 6.07 Å². The van der Waals surface area contributed by atoms with Gasteiger partial charge >= 0.3 is 0 Å². The highest BCUT2D eigenvalue weighted by molar-refractivity contribution is 5.95. The largest absolute Gasteiger partial charge is 0.384 e. The fourth-order valence-corrected chi connectivity index (χ4v) is 3.29. The zero-order valence-electron chi connectivity index (χ0n) is 12.4. The Morgan fingerprint density at radius 3 is 3.10 bits per heavy atom. The predicted octanol–water partition coefficient (Wildman–Crippen LogP) is 1.68. The molecule has 2 heterocycles. The van der Waals surface area contributed by atoms with Gasteiger partial charge in [0.15, 0.2) is 0 Å². The average Bonchev–Trinajstić information content (AvgIpc) is 3.05. The number of carbonyl (C=O) groups is 1. The van der Waals surface area contributed by atoms with Gasteiger partial charge in [-0.25, -0.2) is 0 Å². The Balaban J connectivity index is 1.65. The first kappa shape index (κ1) is 13.4. The number of benzene rings is 1. The molecule has 1 aromatic carbocycles. The summed E-state index contributed by atoms with van der Waals surface area (Å²) >= 11 is 0. The monoisotopic (exact) mass is 273 g/mol. The number of nitrogens with one attached hydrogen (secondary N) is 1. The molecule has 0 saturated carbocycles. The summed E-state index contributed by atoms with van der Waals surface area (Å²) in [7, 11) is 4.06. The number of amides is 1. The van der Waals surface area contributed by atoms with E-state index in [-0.39, 0.29) is 5.91 Å². The van der Waals surface area contributed by atoms with E-state index in [1.165, 1.54) is 12.0 Å². The summed E-state index contributed by atoms with van der Waals surface area (Å²) in [4.78, 5) is 16.7. The molecule has 0 aromatic heterocycles. The van der Waals surface area contributed by atoms with Gasteiger partial charge in [0.2, 0.25) is 0 Å². The Kier molecular flexibility index (Phi) is 3.66. The molecular weight excluding hydrogens is 250 g/mol. The van der Waals surface area contributed by atoms with E-state index in [2.05, 4.69) is 23.3 Å². The molecule has 0 bridgehead atoms. The minimum absolute atomic E-state index is 0.135. The van der Waals surface area contributed by atoms with E-state index in [0.29, 0.717) is 5.92 Å². The van der Waals surface area contributed by atoms with Crippen LogP contribution in [-0.2, 0) is 6.42 Å². The lowest BCUT2D eigenvalue weighted by molar-refractivity contribution is 0.0774. The lowest BCUT2D eigenvalue weighted by atomic mass is 10.1. The fourth-order valence-electron chi connectivity index (χ4n) is 3.29. The highest BCUT2D eigenvalue weighted by Crippen LogP contribution is 2.24. The number of carbonyl (C=O) groups excluding carboxylic acids is 1. The van der Waals surface area contributed by atoms with Gasteiger partial charge in [-0.3, -0.25) is 4.79 Å². The Morgan fingerprint density at radius 1 is 1.50 bits per heavy atom. The van der Waals surface area contributed by atoms with Crippen LogP contribution in [-0.4, -0.2) is 56.0 Å². The molecule has 1 aromatic rings. The number of nitrogens with zero attached hydrogens (tertiary/aromatic N) is 2. The Bertz CT molecular complexity index is 514. The minimum atomic E-state index is 0.135. The van der Waals surface area contributed by atoms with Gasteiger partial charge in [-0.05, 0) is 50.0 Å². The van der Waals surface area contributed by atoms with Crippen molar-refractivity contribution in [1.29, 1.82) is 0 Å². The molecule has 1 fully saturated rings. The van der Waals surface area contributed by atoms with Crippen LogP contribution in [0.15, 0.2) is 18.2 Å². The molecule has 0 radical (unpaired) electrons. The maximum Gasteiger partial charge on any atom is 0.253 e. The number of hydrogen-bond acceptors (Lipinski definition) is 3. The molecule has 1 N–H and O–H groups in total. The standard InChI is InChI=1S/C16H23N3O/c1-18-8-6-12(10-18)11-19(2)16(20)14-4-3-13-5-7-17-15(13)9-14/h3-4,9,12,17H,5-8,10-11H2,1-2H3. The van der Waals surface area contributed by atoms with Gasteiger partial charge in [0.1, 0.15) is 0 Å². The molecule has 1 unspecified atom stereocenters. The maximum atomic E-state index is 12.5. The molecular formula is C16H23N3O. The molecule has 1 atom stereocenters. The Morgan fingerprint density at radius 2 is 2.35 bits per heavy atom. The van der Waals surface area contributed by atoms with E-state index in [1.54, 1.807) is 0 Å². The summed E-state index contributed by atoms with van der Waals surface area (Å²) in [6.07, 6.45) is 2.26. The first-order valence-corrected chi connectivity index (χ1v) is 7.44. The third-order valence-electron chi connectivity index (χ3n) is 4.43. The number of rotatable bonds is 3. The van der Waals surface area contributed by atoms with Crippen molar-refractivity contribution in [2.45, 2.75) is 12.8 Å². The summed E-state index contributed by atoms with van der Waals surface area (Å²) in [5.74, 6) is 0.748. The second-order valence-corrected chi connectivity index (χ2v) is 6.15. The van der Waals surface area contributed by atoms with Gasteiger partial charge < -0.3 is 15.1 Å². The second-order valence-electron chi connectivity index (χ2n) is 6.15. The number of fused-ring (bicyclic) bond motifs is 1. The van der Waals surface area contributed by atoms with Crippen LogP contribution < -0.4 is 5.32 Å². The summed E-state index contributed by atoms with van der Waals surface area (Å²) in [5.41, 5.74) is 3.25. The van der Waals surface area contributed by atoms with E-state index in [1.807, 2.05) is 24.1 Å². The fraction of sp³-hybridized carbons (Fsp3) is 0.562. The molecule has 2 aliphatic heterocycles. The van der Waals surface area contributed by atoms with Crippen molar-refractivity contribution < 1.29 is 4.79 Å². The summed E-state index contributed by atoms with van der Waals surface area (Å²) in [6.45, 7) is 4.09. The van der Waals surface area contributed by atoms with Gasteiger partial charge in [-0.2, -0.15) is 0 Å². The lowest BCUT2D eigenvalue weighted by Crippen LogP contribution is -2.32. The van der Waals surface area contributed by atoms with Crippen molar-refractivity contribution in [2.24, 2.45) is 5.92 Å². The smallest absolute Gasteiger partial charge is 0.253 e. The van der Waals surface area contributed by atoms with E-state index in [0.717, 1.165) is 43.9 Å². The molecule has 0 aliphatic carbocycles. The zero-order chi connectivity index (χ0) is 14.1. The zero-order valence-corrected chi connectivity index (χ0v) is 12.4. The van der Waals surface area contributed by atoms with Crippen molar-refractivity contribution in [3.63, 3.8) is 0 Å². The predicted molar refractivity (Wildman–Crippen MR) is 81.2 cm³/mol. The second kappa shape index (κ2) is 5.44. The van der Waals surface area contributed by atoms with Crippen molar-refractivity contribution in [3.8, 4) is 0 Å². The maximum absolute atomic E-state index is 12.5. The highest BCUT2D eigenvalue weighted by Gasteiger charge is 2.23. The molecule has 1 amide bonds. The molecule has 108 valence electrons. The summed E-state index contributed by atoms with van der Waals surface area (Å²) in [6, 6.07) is 6.05. The van der Waals surface area contributed by atoms with Gasteiger partial charge in [0.25, 0.3) is 5.91 Å². The molecule has 4 nitrogen and oxygen atoms in total. The molecule has 20 heavy (non-hydrogen) atoms. The summed E-state index contributed by atoms with van der Waals surface area (Å²) in [5, 5.41) is 3.34. The van der Waals surface area contributed by atoms with Gasteiger partial charge in [0, 0.05) is 37.9 Å². The molecule has 4 heteroatoms. The van der Waals surface area contributed by atoms with Crippen LogP contribution in [0, 0.1) is 5.92 Å². The summed E-state index contributed by atoms with van der Waals surface area (Å²) < 4.78 is 0. The van der Waals surface area contributed by atoms with E-state index >= 15 is 0 Å². The highest BCUT2D eigenvalue weighted by atomic mass is 16.2. The Hall–Kier alpha value is -1.55. The van der Waals surface area contributed by atoms with E-state index < -0.39 is 0 Å². The van der Waals surface area contributed by atoms with E-state index in [4.69, 9.17) is 0 Å². The van der Waals surface area contributed by atoms with Crippen LogP contribution in [0.2, 0.25) is 0 Å². The van der Waals surface area contributed by atoms with Crippen molar-refractivity contribution in [1.82, 2.24) is 9.80 Å². The molecule has 2 aliphatic rings. The SMILES string of the molecule is CN1CCC(CN(C)C(=O)c2ccc3c(c2)NCC3)C1. The molecule has 3 rings (SSSR count). The van der Waals surface area contributed by atoms with Crippen LogP contribution in [0.5, 0.6) is 0 Å². The molecule has 1 saturated heterocycles. The lowest BCUT2D eigenvalue weighted by Gasteiger charge is -2.21.